The van der Waals surface area contributed by atoms with Crippen molar-refractivity contribution >= 4 is 87.7 Å². The highest BCUT2D eigenvalue weighted by Crippen LogP contribution is 2.49. The van der Waals surface area contributed by atoms with Gasteiger partial charge in [-0.3, -0.25) is 0 Å². The zero-order chi connectivity index (χ0) is 28.2. The van der Waals surface area contributed by atoms with E-state index in [1.54, 1.807) is 0 Å². The second kappa shape index (κ2) is 8.35. The van der Waals surface area contributed by atoms with Gasteiger partial charge in [-0.2, -0.15) is 0 Å². The van der Waals surface area contributed by atoms with Crippen LogP contribution in [-0.4, -0.2) is 0 Å². The molecule has 9 aromatic carbocycles. The van der Waals surface area contributed by atoms with E-state index in [0.29, 0.717) is 10.6 Å². The lowest BCUT2D eigenvalue weighted by molar-refractivity contribution is 0.509. The minimum absolute atomic E-state index is 0.270. The summed E-state index contributed by atoms with van der Waals surface area (Å²) < 4.78 is 45.3. The quantitative estimate of drug-likeness (QED) is 0.155. The van der Waals surface area contributed by atoms with Gasteiger partial charge in [0.2, 0.25) is 0 Å². The summed E-state index contributed by atoms with van der Waals surface area (Å²) in [6, 6.07) is 40.6. The normalized spacial score (nSPS) is 12.6. The molecule has 0 spiro atoms. The highest BCUT2D eigenvalue weighted by atomic mass is 31.2. The second-order valence-corrected chi connectivity index (χ2v) is 13.8. The van der Waals surface area contributed by atoms with Gasteiger partial charge >= 0.3 is 0 Å². The summed E-state index contributed by atoms with van der Waals surface area (Å²) in [4.78, 5) is 0. The fraction of sp³-hybridized carbons (Fsp3) is 0. The Balaban J connectivity index is 1.47. The van der Waals surface area contributed by atoms with Gasteiger partial charge in [0.25, 0.3) is 0 Å². The number of benzene rings is 9. The molecule has 1 nitrogen and oxygen atoms in total. The Bertz CT molecular complexity index is 2400. The van der Waals surface area contributed by atoms with Crippen LogP contribution in [0.25, 0.3) is 64.6 Å². The van der Waals surface area contributed by atoms with Crippen LogP contribution in [0.5, 0.6) is 0 Å². The third-order valence-electron chi connectivity index (χ3n) is 8.96. The van der Waals surface area contributed by atoms with E-state index < -0.39 is 18.8 Å². The average Bonchev–Trinajstić information content (AvgIpc) is 3.03. The van der Waals surface area contributed by atoms with Gasteiger partial charge in [0.05, 0.1) is 0 Å². The Labute approximate surface area is 239 Å². The van der Waals surface area contributed by atoms with Gasteiger partial charge < -0.3 is 4.57 Å². The minimum atomic E-state index is -3.75. The summed E-state index contributed by atoms with van der Waals surface area (Å²) in [7, 11) is -3.75. The smallest absolute Gasteiger partial charge is 0.172 e. The van der Waals surface area contributed by atoms with Crippen molar-refractivity contribution < 1.29 is 13.3 Å². The summed E-state index contributed by atoms with van der Waals surface area (Å²) >= 11 is 0. The van der Waals surface area contributed by atoms with Crippen molar-refractivity contribution in [2.45, 2.75) is 0 Å². The Morgan fingerprint density at radius 3 is 1.26 bits per heavy atom. The van der Waals surface area contributed by atoms with Crippen molar-refractivity contribution in [2.24, 2.45) is 0 Å². The molecule has 42 heavy (non-hydrogen) atoms. The molecular formula is C38H21F2OP. The van der Waals surface area contributed by atoms with Crippen LogP contribution < -0.4 is 15.9 Å². The van der Waals surface area contributed by atoms with Crippen LogP contribution in [0.3, 0.4) is 0 Å². The Morgan fingerprint density at radius 1 is 0.405 bits per heavy atom. The molecule has 0 aliphatic rings. The van der Waals surface area contributed by atoms with Gasteiger partial charge in [0.1, 0.15) is 0 Å². The summed E-state index contributed by atoms with van der Waals surface area (Å²) in [6.07, 6.45) is 0. The van der Waals surface area contributed by atoms with Crippen LogP contribution in [0.2, 0.25) is 0 Å². The predicted octanol–water partition coefficient (Wildman–Crippen LogP) is 9.40. The molecule has 0 saturated heterocycles. The number of halogens is 2. The third kappa shape index (κ3) is 3.04. The molecule has 0 atom stereocenters. The van der Waals surface area contributed by atoms with Gasteiger partial charge in [-0.15, -0.1) is 0 Å². The van der Waals surface area contributed by atoms with Crippen LogP contribution in [0.1, 0.15) is 0 Å². The molecule has 0 radical (unpaired) electrons. The second-order valence-electron chi connectivity index (χ2n) is 11.1. The minimum Gasteiger partial charge on any atom is -0.309 e. The van der Waals surface area contributed by atoms with Crippen LogP contribution in [0.15, 0.2) is 127 Å². The lowest BCUT2D eigenvalue weighted by Gasteiger charge is -2.25. The van der Waals surface area contributed by atoms with E-state index in [2.05, 4.69) is 60.7 Å². The molecule has 0 aromatic heterocycles. The van der Waals surface area contributed by atoms with Gasteiger partial charge in [-0.1, -0.05) is 97.1 Å². The first kappa shape index (κ1) is 23.8. The van der Waals surface area contributed by atoms with Crippen molar-refractivity contribution in [1.82, 2.24) is 0 Å². The molecule has 0 N–H and O–H groups in total. The third-order valence-corrected chi connectivity index (χ3v) is 12.1. The molecule has 0 aliphatic carbocycles. The molecule has 0 bridgehead atoms. The monoisotopic (exact) mass is 562 g/mol. The van der Waals surface area contributed by atoms with Gasteiger partial charge in [-0.05, 0) is 95.0 Å². The lowest BCUT2D eigenvalue weighted by atomic mass is 9.94. The molecule has 198 valence electrons. The molecule has 0 saturated carbocycles. The van der Waals surface area contributed by atoms with Gasteiger partial charge in [0, 0.05) is 15.9 Å². The van der Waals surface area contributed by atoms with E-state index in [9.17, 15) is 8.78 Å². The Hall–Kier alpha value is -4.85. The molecule has 0 fully saturated rings. The molecule has 0 aliphatic heterocycles. The summed E-state index contributed by atoms with van der Waals surface area (Å²) in [5, 5.41) is 14.0. The molecule has 0 heterocycles. The molecule has 9 aromatic rings. The van der Waals surface area contributed by atoms with E-state index in [4.69, 9.17) is 0 Å². The number of hydrogen-bond donors (Lipinski definition) is 0. The maximum Gasteiger partial charge on any atom is 0.172 e. The Morgan fingerprint density at radius 2 is 0.810 bits per heavy atom. The first-order valence-corrected chi connectivity index (χ1v) is 15.6. The van der Waals surface area contributed by atoms with Crippen LogP contribution in [0.4, 0.5) is 8.78 Å². The number of rotatable bonds is 3. The van der Waals surface area contributed by atoms with E-state index in [-0.39, 0.29) is 5.30 Å². The van der Waals surface area contributed by atoms with E-state index in [0.717, 1.165) is 76.8 Å². The van der Waals surface area contributed by atoms with Crippen LogP contribution in [-0.2, 0) is 4.57 Å². The summed E-state index contributed by atoms with van der Waals surface area (Å²) in [5.41, 5.74) is 0. The number of hydrogen-bond acceptors (Lipinski definition) is 1. The predicted molar refractivity (Wildman–Crippen MR) is 173 cm³/mol. The fourth-order valence-corrected chi connectivity index (χ4v) is 10.1. The molecule has 0 unspecified atom stereocenters. The molecule has 4 heteroatoms. The largest absolute Gasteiger partial charge is 0.309 e. The van der Waals surface area contributed by atoms with Crippen molar-refractivity contribution in [3.05, 3.63) is 139 Å². The average molecular weight is 563 g/mol. The van der Waals surface area contributed by atoms with Crippen molar-refractivity contribution in [2.75, 3.05) is 0 Å². The first-order chi connectivity index (χ1) is 20.5. The van der Waals surface area contributed by atoms with E-state index >= 15 is 4.57 Å². The van der Waals surface area contributed by atoms with Crippen molar-refractivity contribution in [3.8, 4) is 0 Å². The Kier molecular flexibility index (Phi) is 4.73. The zero-order valence-electron chi connectivity index (χ0n) is 22.2. The van der Waals surface area contributed by atoms with E-state index in [1.807, 2.05) is 48.5 Å². The molecule has 0 amide bonds. The van der Waals surface area contributed by atoms with Crippen molar-refractivity contribution in [3.63, 3.8) is 0 Å². The van der Waals surface area contributed by atoms with E-state index in [1.165, 1.54) is 6.07 Å². The zero-order valence-corrected chi connectivity index (χ0v) is 23.1. The highest BCUT2D eigenvalue weighted by molar-refractivity contribution is 7.86. The van der Waals surface area contributed by atoms with Crippen molar-refractivity contribution in [1.29, 1.82) is 0 Å². The standard InChI is InChI=1S/C38H21F2OP/c39-31-18-15-28(21-32(31)40)42(41,33-19-13-26-9-7-22-3-1-5-24-11-16-29(33)37(26)35(22)24)34-20-14-27-10-8-23-4-2-6-25-12-17-30(34)38(27)36(23)25/h1-21H. The van der Waals surface area contributed by atoms with Crippen LogP contribution in [0, 0.1) is 11.6 Å². The molecular weight excluding hydrogens is 541 g/mol. The maximum absolute atomic E-state index is 16.1. The van der Waals surface area contributed by atoms with Crippen LogP contribution >= 0.6 is 7.14 Å². The topological polar surface area (TPSA) is 17.1 Å². The lowest BCUT2D eigenvalue weighted by Crippen LogP contribution is -2.27. The SMILES string of the molecule is O=P(c1ccc(F)c(F)c1)(c1ccc2ccc3cccc4ccc1c2c34)c1ccc2ccc3cccc4ccc1c2c34. The summed E-state index contributed by atoms with van der Waals surface area (Å²) in [5.74, 6) is -1.97. The van der Waals surface area contributed by atoms with Gasteiger partial charge in [0.15, 0.2) is 18.8 Å². The van der Waals surface area contributed by atoms with Gasteiger partial charge in [-0.25, -0.2) is 8.78 Å². The highest BCUT2D eigenvalue weighted by Gasteiger charge is 2.35. The maximum atomic E-state index is 16.1. The first-order valence-electron chi connectivity index (χ1n) is 13.9. The summed E-state index contributed by atoms with van der Waals surface area (Å²) in [6.45, 7) is 0. The fourth-order valence-electron chi connectivity index (χ4n) is 7.08. The molecule has 9 rings (SSSR count).